The highest BCUT2D eigenvalue weighted by molar-refractivity contribution is 5.75. The molecular weight excluding hydrogens is 510 g/mol. The van der Waals surface area contributed by atoms with Gasteiger partial charge in [-0.2, -0.15) is 5.10 Å². The molecule has 0 radical (unpaired) electrons. The molecule has 0 unspecified atom stereocenters. The van der Waals surface area contributed by atoms with Crippen LogP contribution in [0.2, 0.25) is 0 Å². The average Bonchev–Trinajstić information content (AvgIpc) is 3.42. The largest absolute Gasteiger partial charge is 0.464 e. The molecule has 5 atom stereocenters. The van der Waals surface area contributed by atoms with Crippen molar-refractivity contribution >= 4 is 29.2 Å². The third-order valence-corrected chi connectivity index (χ3v) is 6.84. The summed E-state index contributed by atoms with van der Waals surface area (Å²) in [5.41, 5.74) is 5.82. The molecule has 0 aromatic carbocycles. The van der Waals surface area contributed by atoms with Crippen molar-refractivity contribution in [1.82, 2.24) is 19.9 Å². The second-order valence-electron chi connectivity index (χ2n) is 9.89. The van der Waals surface area contributed by atoms with Crippen LogP contribution in [-0.2, 0) is 38.1 Å². The predicted molar refractivity (Wildman–Crippen MR) is 139 cm³/mol. The molecule has 0 spiro atoms. The summed E-state index contributed by atoms with van der Waals surface area (Å²) < 4.78 is 30.4. The van der Waals surface area contributed by atoms with Crippen molar-refractivity contribution < 1.29 is 38.1 Å². The molecule has 0 bridgehead atoms. The first kappa shape index (κ1) is 30.3. The van der Waals surface area contributed by atoms with Crippen LogP contribution in [0.1, 0.15) is 66.2 Å². The van der Waals surface area contributed by atoms with Gasteiger partial charge in [0.1, 0.15) is 29.6 Å². The van der Waals surface area contributed by atoms with Gasteiger partial charge in [-0.15, -0.1) is 0 Å². The number of nitrogen functional groups attached to an aromatic ring is 1. The van der Waals surface area contributed by atoms with Gasteiger partial charge in [-0.3, -0.25) is 19.7 Å². The molecule has 3 rings (SSSR count). The number of ether oxygens (including phenoxy) is 5. The third-order valence-electron chi connectivity index (χ3n) is 6.84. The van der Waals surface area contributed by atoms with E-state index in [4.69, 9.17) is 29.4 Å². The molecule has 3 N–H and O–H groups in total. The number of nitrogens with zero attached hydrogens (tertiary/aromatic N) is 3. The highest BCUT2D eigenvalue weighted by atomic mass is 16.7. The van der Waals surface area contributed by atoms with Gasteiger partial charge < -0.3 is 29.4 Å². The maximum atomic E-state index is 12.3. The second-order valence-corrected chi connectivity index (χ2v) is 9.89. The van der Waals surface area contributed by atoms with Crippen molar-refractivity contribution in [2.75, 3.05) is 25.7 Å². The smallest absolute Gasteiger partial charge is 0.322 e. The van der Waals surface area contributed by atoms with Gasteiger partial charge in [-0.1, -0.05) is 26.7 Å². The van der Waals surface area contributed by atoms with E-state index < -0.39 is 41.9 Å². The fourth-order valence-corrected chi connectivity index (χ4v) is 4.52. The lowest BCUT2D eigenvalue weighted by atomic mass is 9.96. The zero-order valence-electron chi connectivity index (χ0n) is 23.3. The topological polar surface area (TPSA) is 166 Å². The highest BCUT2D eigenvalue weighted by Gasteiger charge is 2.57. The van der Waals surface area contributed by atoms with Crippen LogP contribution in [0.5, 0.6) is 0 Å². The van der Waals surface area contributed by atoms with Crippen molar-refractivity contribution in [3.05, 3.63) is 24.2 Å². The number of aromatic nitrogens is 3. The Morgan fingerprint density at radius 2 is 1.87 bits per heavy atom. The Morgan fingerprint density at radius 1 is 1.18 bits per heavy atom. The van der Waals surface area contributed by atoms with Gasteiger partial charge >= 0.3 is 17.9 Å². The molecule has 13 heteroatoms. The molecule has 1 saturated heterocycles. The third kappa shape index (κ3) is 7.22. The average molecular weight is 550 g/mol. The monoisotopic (exact) mass is 549 g/mol. The van der Waals surface area contributed by atoms with Crippen LogP contribution in [0.25, 0.3) is 5.52 Å². The Kier molecular flexibility index (Phi) is 10.2. The first-order chi connectivity index (χ1) is 18.5. The van der Waals surface area contributed by atoms with E-state index in [1.54, 1.807) is 26.0 Å². The lowest BCUT2D eigenvalue weighted by Gasteiger charge is -2.30. The number of rotatable bonds is 13. The van der Waals surface area contributed by atoms with Gasteiger partial charge in [-0.25, -0.2) is 9.50 Å². The zero-order chi connectivity index (χ0) is 28.7. The van der Waals surface area contributed by atoms with Crippen molar-refractivity contribution in [2.24, 2.45) is 5.92 Å². The summed E-state index contributed by atoms with van der Waals surface area (Å²) in [5.74, 6) is -0.934. The molecule has 1 fully saturated rings. The summed E-state index contributed by atoms with van der Waals surface area (Å²) in [6.07, 6.45) is 0.306. The number of carbonyl (C=O) groups excluding carboxylic acids is 3. The minimum Gasteiger partial charge on any atom is -0.464 e. The van der Waals surface area contributed by atoms with Crippen LogP contribution in [0.3, 0.4) is 0 Å². The van der Waals surface area contributed by atoms with E-state index >= 15 is 0 Å². The highest BCUT2D eigenvalue weighted by Crippen LogP contribution is 2.44. The standard InChI is InChI=1S/C26H39N5O8/c1-7-18(8-2)11-36-25(34)15(3)29-14-35-12-26(6)23(38-17(5)33)22(37-16(4)32)21(39-26)19-9-10-20-24(27)28-13-30-31(19)20/h9-10,13,15,18,21-23,29H,7-8,11-12,14H2,1-6H3,(H2,27,28,30)/t15-,21-,22-,23-,26+/m0/s1. The van der Waals surface area contributed by atoms with Gasteiger partial charge in [0, 0.05) is 13.8 Å². The molecule has 13 nitrogen and oxygen atoms in total. The Balaban J connectivity index is 1.74. The van der Waals surface area contributed by atoms with Crippen molar-refractivity contribution in [2.45, 2.75) is 84.3 Å². The Morgan fingerprint density at radius 3 is 2.51 bits per heavy atom. The molecule has 1 aliphatic rings. The van der Waals surface area contributed by atoms with Crippen LogP contribution in [0.4, 0.5) is 5.82 Å². The predicted octanol–water partition coefficient (Wildman–Crippen LogP) is 1.94. The van der Waals surface area contributed by atoms with Crippen LogP contribution < -0.4 is 11.1 Å². The molecule has 3 heterocycles. The Hall–Kier alpha value is -3.29. The number of nitrogens with one attached hydrogen (secondary N) is 1. The fraction of sp³-hybridized carbons (Fsp3) is 0.654. The van der Waals surface area contributed by atoms with Gasteiger partial charge in [0.2, 0.25) is 0 Å². The van der Waals surface area contributed by atoms with E-state index in [0.29, 0.717) is 23.7 Å². The number of esters is 3. The summed E-state index contributed by atoms with van der Waals surface area (Å²) in [5, 5.41) is 7.23. The van der Waals surface area contributed by atoms with E-state index in [0.717, 1.165) is 12.8 Å². The summed E-state index contributed by atoms with van der Waals surface area (Å²) in [6.45, 7) is 10.3. The number of hydrogen-bond acceptors (Lipinski definition) is 12. The van der Waals surface area contributed by atoms with Crippen molar-refractivity contribution in [3.8, 4) is 0 Å². The molecule has 2 aromatic rings. The summed E-state index contributed by atoms with van der Waals surface area (Å²) in [7, 11) is 0. The molecule has 2 aromatic heterocycles. The molecule has 39 heavy (non-hydrogen) atoms. The first-order valence-corrected chi connectivity index (χ1v) is 13.1. The Labute approximate surface area is 227 Å². The zero-order valence-corrected chi connectivity index (χ0v) is 23.3. The van der Waals surface area contributed by atoms with Gasteiger partial charge in [0.25, 0.3) is 0 Å². The molecule has 0 aliphatic carbocycles. The van der Waals surface area contributed by atoms with Crippen LogP contribution in [0, 0.1) is 5.92 Å². The second kappa shape index (κ2) is 13.2. The van der Waals surface area contributed by atoms with Gasteiger partial charge in [0.15, 0.2) is 18.0 Å². The summed E-state index contributed by atoms with van der Waals surface area (Å²) >= 11 is 0. The molecule has 1 aliphatic heterocycles. The minimum absolute atomic E-state index is 0.00624. The van der Waals surface area contributed by atoms with E-state index in [2.05, 4.69) is 29.2 Å². The van der Waals surface area contributed by atoms with Crippen molar-refractivity contribution in [3.63, 3.8) is 0 Å². The number of anilines is 1. The number of hydrogen-bond donors (Lipinski definition) is 2. The number of carbonyl (C=O) groups is 3. The maximum absolute atomic E-state index is 12.3. The minimum atomic E-state index is -1.22. The molecular formula is C26H39N5O8. The molecule has 0 amide bonds. The van der Waals surface area contributed by atoms with Gasteiger partial charge in [-0.05, 0) is 31.9 Å². The molecule has 216 valence electrons. The maximum Gasteiger partial charge on any atom is 0.322 e. The van der Waals surface area contributed by atoms with Crippen molar-refractivity contribution in [1.29, 1.82) is 0 Å². The number of nitrogens with two attached hydrogens (primary N) is 1. The SMILES string of the molecule is CCC(CC)COC(=O)[C@H](C)NCOC[C@@]1(C)O[C@@H](c2ccc3c(N)ncnn23)[C@H](OC(C)=O)[C@@H]1OC(C)=O. The van der Waals surface area contributed by atoms with Crippen LogP contribution >= 0.6 is 0 Å². The lowest BCUT2D eigenvalue weighted by molar-refractivity contribution is -0.171. The number of fused-ring (bicyclic) bond motifs is 1. The van der Waals surface area contributed by atoms with Gasteiger partial charge in [0.05, 0.1) is 25.6 Å². The first-order valence-electron chi connectivity index (χ1n) is 13.1. The summed E-state index contributed by atoms with van der Waals surface area (Å²) in [6, 6.07) is 2.86. The van der Waals surface area contributed by atoms with E-state index in [1.165, 1.54) is 24.7 Å². The van der Waals surface area contributed by atoms with E-state index in [1.807, 2.05) is 0 Å². The van der Waals surface area contributed by atoms with E-state index in [9.17, 15) is 14.4 Å². The van der Waals surface area contributed by atoms with Crippen LogP contribution in [0.15, 0.2) is 18.5 Å². The fourth-order valence-electron chi connectivity index (χ4n) is 4.52. The van der Waals surface area contributed by atoms with Crippen LogP contribution in [-0.4, -0.2) is 76.3 Å². The quantitative estimate of drug-likeness (QED) is 0.162. The summed E-state index contributed by atoms with van der Waals surface area (Å²) in [4.78, 5) is 40.4. The Bertz CT molecular complexity index is 1150. The lowest BCUT2D eigenvalue weighted by Crippen LogP contribution is -2.48. The normalized spacial score (nSPS) is 23.6. The van der Waals surface area contributed by atoms with E-state index in [-0.39, 0.29) is 25.1 Å². The molecule has 0 saturated carbocycles.